The molecule has 6 nitrogen and oxygen atoms in total. The van der Waals surface area contributed by atoms with Gasteiger partial charge < -0.3 is 14.8 Å². The van der Waals surface area contributed by atoms with E-state index in [1.54, 1.807) is 11.9 Å². The lowest BCUT2D eigenvalue weighted by Crippen LogP contribution is -2.27. The molecule has 0 fully saturated rings. The fourth-order valence-corrected chi connectivity index (χ4v) is 2.57. The molecule has 0 aliphatic rings. The number of aromatic hydroxyl groups is 1. The maximum atomic E-state index is 11.6. The van der Waals surface area contributed by atoms with E-state index in [4.69, 9.17) is 5.11 Å². The van der Waals surface area contributed by atoms with Gasteiger partial charge in [0.25, 0.3) is 0 Å². The van der Waals surface area contributed by atoms with Crippen LogP contribution in [0.5, 0.6) is 5.75 Å². The largest absolute Gasteiger partial charge is 0.503 e. The molecule has 0 radical (unpaired) electrons. The van der Waals surface area contributed by atoms with Crippen LogP contribution in [-0.4, -0.2) is 39.2 Å². The monoisotopic (exact) mass is 324 g/mol. The Bertz CT molecular complexity index is 554. The molecule has 1 heterocycles. The number of unbranched alkanes of at least 4 members (excludes halogenated alkanes) is 5. The summed E-state index contributed by atoms with van der Waals surface area (Å²) in [6.07, 6.45) is 8.43. The molecule has 0 aliphatic heterocycles. The fourth-order valence-electron chi connectivity index (χ4n) is 2.57. The van der Waals surface area contributed by atoms with Crippen LogP contribution in [0.25, 0.3) is 0 Å². The van der Waals surface area contributed by atoms with Gasteiger partial charge in [0, 0.05) is 24.8 Å². The highest BCUT2D eigenvalue weighted by atomic mass is 16.4. The number of hydrogen-bond donors (Lipinski definition) is 2. The van der Waals surface area contributed by atoms with Crippen LogP contribution in [0.15, 0.2) is 17.1 Å². The maximum absolute atomic E-state index is 11.6. The number of carboxylic acid groups (broad SMARTS) is 1. The maximum Gasteiger partial charge on any atom is 0.317 e. The SMILES string of the molecule is CCCCCCCCn1cc(O)c(=O)cc1CN(C)CC(=O)O. The van der Waals surface area contributed by atoms with Gasteiger partial charge in [0.2, 0.25) is 5.43 Å². The van der Waals surface area contributed by atoms with Crippen molar-refractivity contribution in [3.05, 3.63) is 28.2 Å². The Morgan fingerprint density at radius 1 is 1.22 bits per heavy atom. The lowest BCUT2D eigenvalue weighted by molar-refractivity contribution is -0.138. The molecule has 0 unspecified atom stereocenters. The van der Waals surface area contributed by atoms with Crippen molar-refractivity contribution in [1.82, 2.24) is 9.47 Å². The Labute approximate surface area is 137 Å². The van der Waals surface area contributed by atoms with Gasteiger partial charge in [0.15, 0.2) is 5.75 Å². The predicted molar refractivity (Wildman–Crippen MR) is 89.7 cm³/mol. The number of carboxylic acids is 1. The van der Waals surface area contributed by atoms with E-state index in [2.05, 4.69) is 6.92 Å². The average Bonchev–Trinajstić information content (AvgIpc) is 2.46. The number of aromatic nitrogens is 1. The van der Waals surface area contributed by atoms with Gasteiger partial charge in [-0.15, -0.1) is 0 Å². The lowest BCUT2D eigenvalue weighted by Gasteiger charge is -2.19. The second-order valence-corrected chi connectivity index (χ2v) is 6.04. The third-order valence-corrected chi connectivity index (χ3v) is 3.79. The van der Waals surface area contributed by atoms with Gasteiger partial charge in [0.05, 0.1) is 12.7 Å². The van der Waals surface area contributed by atoms with Crippen molar-refractivity contribution in [3.8, 4) is 5.75 Å². The average molecular weight is 324 g/mol. The molecule has 1 aromatic rings. The predicted octanol–water partition coefficient (Wildman–Crippen LogP) is 2.43. The Morgan fingerprint density at radius 2 is 1.87 bits per heavy atom. The molecular weight excluding hydrogens is 296 g/mol. The van der Waals surface area contributed by atoms with Gasteiger partial charge in [-0.3, -0.25) is 14.5 Å². The molecule has 0 aromatic carbocycles. The first-order valence-electron chi connectivity index (χ1n) is 8.26. The van der Waals surface area contributed by atoms with Crippen LogP contribution in [-0.2, 0) is 17.9 Å². The van der Waals surface area contributed by atoms with Crippen molar-refractivity contribution in [2.75, 3.05) is 13.6 Å². The Balaban J connectivity index is 2.66. The number of aliphatic carboxylic acids is 1. The second kappa shape index (κ2) is 10.0. The molecule has 2 N–H and O–H groups in total. The molecule has 0 bridgehead atoms. The van der Waals surface area contributed by atoms with Gasteiger partial charge in [-0.1, -0.05) is 39.0 Å². The zero-order valence-corrected chi connectivity index (χ0v) is 14.1. The van der Waals surface area contributed by atoms with Crippen LogP contribution in [0.1, 0.15) is 51.1 Å². The van der Waals surface area contributed by atoms with Crippen LogP contribution >= 0.6 is 0 Å². The molecule has 6 heteroatoms. The quantitative estimate of drug-likeness (QED) is 0.611. The molecule has 0 saturated heterocycles. The lowest BCUT2D eigenvalue weighted by atomic mass is 10.1. The molecule has 0 spiro atoms. The normalized spacial score (nSPS) is 11.1. The van der Waals surface area contributed by atoms with E-state index in [0.29, 0.717) is 6.54 Å². The van der Waals surface area contributed by atoms with Crippen LogP contribution in [0.4, 0.5) is 0 Å². The zero-order valence-electron chi connectivity index (χ0n) is 14.1. The van der Waals surface area contributed by atoms with E-state index >= 15 is 0 Å². The summed E-state index contributed by atoms with van der Waals surface area (Å²) in [6.45, 7) is 3.17. The zero-order chi connectivity index (χ0) is 17.2. The third kappa shape index (κ3) is 7.32. The van der Waals surface area contributed by atoms with Crippen molar-refractivity contribution < 1.29 is 15.0 Å². The first-order chi connectivity index (χ1) is 10.9. The molecular formula is C17H28N2O4. The minimum Gasteiger partial charge on any atom is -0.503 e. The molecule has 1 rings (SSSR count). The van der Waals surface area contributed by atoms with Gasteiger partial charge in [-0.25, -0.2) is 0 Å². The smallest absolute Gasteiger partial charge is 0.317 e. The van der Waals surface area contributed by atoms with Gasteiger partial charge in [-0.2, -0.15) is 0 Å². The molecule has 1 aromatic heterocycles. The number of carbonyl (C=O) groups is 1. The molecule has 0 amide bonds. The first-order valence-corrected chi connectivity index (χ1v) is 8.26. The minimum absolute atomic E-state index is 0.0912. The fraction of sp³-hybridized carbons (Fsp3) is 0.647. The van der Waals surface area contributed by atoms with Crippen LogP contribution in [0, 0.1) is 0 Å². The van der Waals surface area contributed by atoms with Crippen molar-refractivity contribution in [1.29, 1.82) is 0 Å². The van der Waals surface area contributed by atoms with Crippen molar-refractivity contribution in [3.63, 3.8) is 0 Å². The Morgan fingerprint density at radius 3 is 2.52 bits per heavy atom. The molecule has 0 aliphatic carbocycles. The Kier molecular flexibility index (Phi) is 8.40. The van der Waals surface area contributed by atoms with Crippen molar-refractivity contribution in [2.45, 2.75) is 58.5 Å². The summed E-state index contributed by atoms with van der Waals surface area (Å²) >= 11 is 0. The highest BCUT2D eigenvalue weighted by Gasteiger charge is 2.10. The number of rotatable bonds is 11. The summed E-state index contributed by atoms with van der Waals surface area (Å²) in [6, 6.07) is 1.39. The molecule has 130 valence electrons. The van der Waals surface area contributed by atoms with Crippen LogP contribution in [0.2, 0.25) is 0 Å². The van der Waals surface area contributed by atoms with E-state index in [1.165, 1.54) is 37.9 Å². The van der Waals surface area contributed by atoms with E-state index in [0.717, 1.165) is 25.1 Å². The first kappa shape index (κ1) is 19.2. The van der Waals surface area contributed by atoms with E-state index in [9.17, 15) is 14.7 Å². The van der Waals surface area contributed by atoms with E-state index in [1.807, 2.05) is 4.57 Å². The summed E-state index contributed by atoms with van der Waals surface area (Å²) in [5, 5.41) is 18.5. The van der Waals surface area contributed by atoms with Gasteiger partial charge in [0.1, 0.15) is 0 Å². The van der Waals surface area contributed by atoms with Crippen LogP contribution < -0.4 is 5.43 Å². The number of aryl methyl sites for hydroxylation is 1. The number of hydrogen-bond acceptors (Lipinski definition) is 4. The standard InChI is InChI=1S/C17H28N2O4/c1-3-4-5-6-7-8-9-19-12-16(21)15(20)10-14(19)11-18(2)13-17(22)23/h10,12,21H,3-9,11,13H2,1-2H3,(H,22,23). The summed E-state index contributed by atoms with van der Waals surface area (Å²) in [5.41, 5.74) is 0.299. The summed E-state index contributed by atoms with van der Waals surface area (Å²) < 4.78 is 1.86. The van der Waals surface area contributed by atoms with Crippen molar-refractivity contribution >= 4 is 5.97 Å². The summed E-state index contributed by atoms with van der Waals surface area (Å²) in [7, 11) is 1.69. The van der Waals surface area contributed by atoms with Crippen molar-refractivity contribution in [2.24, 2.45) is 0 Å². The molecule has 0 saturated carbocycles. The highest BCUT2D eigenvalue weighted by Crippen LogP contribution is 2.11. The number of likely N-dealkylation sites (N-methyl/N-ethyl adjacent to an activating group) is 1. The molecule has 23 heavy (non-hydrogen) atoms. The topological polar surface area (TPSA) is 82.8 Å². The summed E-state index contributed by atoms with van der Waals surface area (Å²) in [4.78, 5) is 24.0. The van der Waals surface area contributed by atoms with Gasteiger partial charge in [-0.05, 0) is 13.5 Å². The second-order valence-electron chi connectivity index (χ2n) is 6.04. The number of nitrogens with zero attached hydrogens (tertiary/aromatic N) is 2. The van der Waals surface area contributed by atoms with Gasteiger partial charge >= 0.3 is 5.97 Å². The third-order valence-electron chi connectivity index (χ3n) is 3.79. The highest BCUT2D eigenvalue weighted by molar-refractivity contribution is 5.69. The van der Waals surface area contributed by atoms with E-state index in [-0.39, 0.29) is 12.3 Å². The van der Waals surface area contributed by atoms with E-state index < -0.39 is 11.4 Å². The summed E-state index contributed by atoms with van der Waals surface area (Å²) in [5.74, 6) is -1.17. The Hall–Kier alpha value is -1.82. The number of pyridine rings is 1. The molecule has 0 atom stereocenters. The minimum atomic E-state index is -0.906. The van der Waals surface area contributed by atoms with Crippen LogP contribution in [0.3, 0.4) is 0 Å².